The maximum atomic E-state index is 13.0. The van der Waals surface area contributed by atoms with Gasteiger partial charge in [0.25, 0.3) is 0 Å². The van der Waals surface area contributed by atoms with Crippen LogP contribution in [-0.2, 0) is 25.5 Å². The molecule has 4 rings (SSSR count). The Hall–Kier alpha value is -2.48. The van der Waals surface area contributed by atoms with E-state index in [4.69, 9.17) is 4.74 Å². The summed E-state index contributed by atoms with van der Waals surface area (Å²) in [6.45, 7) is 4.79. The highest BCUT2D eigenvalue weighted by Gasteiger charge is 2.49. The molecule has 0 saturated carbocycles. The number of aromatic nitrogens is 1. The number of hydrogen-bond donors (Lipinski definition) is 1. The number of piperazine rings is 1. The fourth-order valence-electron chi connectivity index (χ4n) is 5.21. The summed E-state index contributed by atoms with van der Waals surface area (Å²) in [5.41, 5.74) is 0.839. The Kier molecular flexibility index (Phi) is 6.85. The second-order valence-electron chi connectivity index (χ2n) is 8.89. The Bertz CT molecular complexity index is 796. The van der Waals surface area contributed by atoms with E-state index in [2.05, 4.69) is 10.3 Å². The number of amides is 3. The summed E-state index contributed by atoms with van der Waals surface area (Å²) >= 11 is 0. The van der Waals surface area contributed by atoms with Gasteiger partial charge in [-0.15, -0.1) is 0 Å². The normalized spacial score (nSPS) is 26.6. The van der Waals surface area contributed by atoms with Crippen LogP contribution in [0.5, 0.6) is 0 Å². The minimum atomic E-state index is -0.216. The average Bonchev–Trinajstić information content (AvgIpc) is 3.18. The van der Waals surface area contributed by atoms with Gasteiger partial charge in [-0.05, 0) is 43.2 Å². The van der Waals surface area contributed by atoms with Crippen molar-refractivity contribution in [2.24, 2.45) is 11.8 Å². The molecule has 3 atom stereocenters. The highest BCUT2D eigenvalue weighted by molar-refractivity contribution is 5.89. The molecule has 3 saturated heterocycles. The summed E-state index contributed by atoms with van der Waals surface area (Å²) in [5.74, 6) is 0.161. The number of nitrogens with zero attached hydrogens (tertiary/aromatic N) is 3. The third kappa shape index (κ3) is 4.89. The molecule has 8 nitrogen and oxygen atoms in total. The third-order valence-corrected chi connectivity index (χ3v) is 6.88. The summed E-state index contributed by atoms with van der Waals surface area (Å²) in [4.78, 5) is 46.3. The van der Waals surface area contributed by atoms with Crippen molar-refractivity contribution in [1.82, 2.24) is 20.1 Å². The van der Waals surface area contributed by atoms with Crippen LogP contribution < -0.4 is 5.32 Å². The highest BCUT2D eigenvalue weighted by Crippen LogP contribution is 2.35. The molecule has 31 heavy (non-hydrogen) atoms. The molecule has 0 bridgehead atoms. The predicted molar refractivity (Wildman–Crippen MR) is 114 cm³/mol. The first-order chi connectivity index (χ1) is 15.1. The van der Waals surface area contributed by atoms with Gasteiger partial charge in [-0.2, -0.15) is 0 Å². The van der Waals surface area contributed by atoms with Crippen molar-refractivity contribution in [2.75, 3.05) is 32.8 Å². The van der Waals surface area contributed by atoms with Crippen LogP contribution in [0.4, 0.5) is 0 Å². The van der Waals surface area contributed by atoms with Crippen molar-refractivity contribution in [2.45, 2.75) is 51.1 Å². The number of carbonyl (C=O) groups excluding carboxylic acids is 3. The van der Waals surface area contributed by atoms with E-state index in [9.17, 15) is 14.4 Å². The molecular formula is C23H32N4O4. The van der Waals surface area contributed by atoms with E-state index < -0.39 is 0 Å². The maximum Gasteiger partial charge on any atom is 0.242 e. The molecule has 3 aliphatic heterocycles. The van der Waals surface area contributed by atoms with Gasteiger partial charge in [0.2, 0.25) is 17.7 Å². The van der Waals surface area contributed by atoms with Crippen LogP contribution in [0.3, 0.4) is 0 Å². The predicted octanol–water partition coefficient (Wildman–Crippen LogP) is 1.00. The summed E-state index contributed by atoms with van der Waals surface area (Å²) in [5, 5.41) is 3.13. The second-order valence-corrected chi connectivity index (χ2v) is 8.89. The van der Waals surface area contributed by atoms with Crippen LogP contribution in [-0.4, -0.2) is 77.4 Å². The lowest BCUT2D eigenvalue weighted by Gasteiger charge is -2.39. The van der Waals surface area contributed by atoms with Crippen LogP contribution in [0.1, 0.15) is 38.2 Å². The monoisotopic (exact) mass is 428 g/mol. The Morgan fingerprint density at radius 1 is 1.29 bits per heavy atom. The van der Waals surface area contributed by atoms with E-state index in [0.717, 1.165) is 38.0 Å². The molecule has 0 radical (unpaired) electrons. The topological polar surface area (TPSA) is 91.8 Å². The van der Waals surface area contributed by atoms with Crippen molar-refractivity contribution >= 4 is 17.7 Å². The van der Waals surface area contributed by atoms with E-state index in [1.165, 1.54) is 0 Å². The van der Waals surface area contributed by atoms with Crippen molar-refractivity contribution < 1.29 is 19.1 Å². The Morgan fingerprint density at radius 3 is 2.81 bits per heavy atom. The lowest BCUT2D eigenvalue weighted by molar-refractivity contribution is -0.148. The van der Waals surface area contributed by atoms with Gasteiger partial charge in [-0.25, -0.2) is 0 Å². The Labute approximate surface area is 183 Å². The molecule has 1 aromatic rings. The molecule has 0 aliphatic carbocycles. The lowest BCUT2D eigenvalue weighted by atomic mass is 9.95. The summed E-state index contributed by atoms with van der Waals surface area (Å²) in [6, 6.07) is 3.48. The fraction of sp³-hybridized carbons (Fsp3) is 0.652. The van der Waals surface area contributed by atoms with Crippen molar-refractivity contribution in [3.63, 3.8) is 0 Å². The van der Waals surface area contributed by atoms with Crippen molar-refractivity contribution in [3.8, 4) is 0 Å². The molecule has 3 aliphatic rings. The minimum absolute atomic E-state index is 0.0359. The van der Waals surface area contributed by atoms with Crippen LogP contribution in [0.2, 0.25) is 0 Å². The lowest BCUT2D eigenvalue weighted by Crippen LogP contribution is -2.58. The fourth-order valence-corrected chi connectivity index (χ4v) is 5.21. The van der Waals surface area contributed by atoms with Crippen LogP contribution in [0.15, 0.2) is 24.5 Å². The first-order valence-corrected chi connectivity index (χ1v) is 11.4. The first kappa shape index (κ1) is 21.7. The molecule has 4 heterocycles. The Balaban J connectivity index is 1.37. The van der Waals surface area contributed by atoms with Gasteiger partial charge < -0.3 is 19.9 Å². The summed E-state index contributed by atoms with van der Waals surface area (Å²) in [7, 11) is 0. The number of hydrogen-bond acceptors (Lipinski definition) is 5. The molecule has 3 amide bonds. The molecule has 3 fully saturated rings. The Morgan fingerprint density at radius 2 is 2.10 bits per heavy atom. The average molecular weight is 429 g/mol. The van der Waals surface area contributed by atoms with Gasteiger partial charge in [0.1, 0.15) is 0 Å². The van der Waals surface area contributed by atoms with Gasteiger partial charge in [0.15, 0.2) is 0 Å². The van der Waals surface area contributed by atoms with Crippen molar-refractivity contribution in [1.29, 1.82) is 0 Å². The quantitative estimate of drug-likeness (QED) is 0.730. The molecule has 1 N–H and O–H groups in total. The smallest absolute Gasteiger partial charge is 0.242 e. The molecule has 1 aromatic heterocycles. The van der Waals surface area contributed by atoms with Crippen LogP contribution in [0, 0.1) is 11.8 Å². The maximum absolute atomic E-state index is 13.0. The summed E-state index contributed by atoms with van der Waals surface area (Å²) < 4.78 is 5.39. The zero-order chi connectivity index (χ0) is 21.8. The van der Waals surface area contributed by atoms with E-state index in [1.54, 1.807) is 23.4 Å². The summed E-state index contributed by atoms with van der Waals surface area (Å²) in [6.07, 6.45) is 6.89. The molecule has 168 valence electrons. The van der Waals surface area contributed by atoms with E-state index in [0.29, 0.717) is 25.4 Å². The van der Waals surface area contributed by atoms with E-state index in [1.807, 2.05) is 17.9 Å². The number of pyridine rings is 1. The van der Waals surface area contributed by atoms with Gasteiger partial charge in [-0.3, -0.25) is 19.4 Å². The zero-order valence-corrected chi connectivity index (χ0v) is 18.2. The van der Waals surface area contributed by atoms with Crippen molar-refractivity contribution in [3.05, 3.63) is 30.1 Å². The number of ether oxygens (including phenoxy) is 1. The number of rotatable bonds is 6. The van der Waals surface area contributed by atoms with E-state index >= 15 is 0 Å². The van der Waals surface area contributed by atoms with Gasteiger partial charge >= 0.3 is 0 Å². The van der Waals surface area contributed by atoms with Gasteiger partial charge in [0, 0.05) is 44.7 Å². The molecule has 0 unspecified atom stereocenters. The first-order valence-electron chi connectivity index (χ1n) is 11.4. The molecular weight excluding hydrogens is 396 g/mol. The van der Waals surface area contributed by atoms with Gasteiger partial charge in [-0.1, -0.05) is 13.0 Å². The number of nitrogens with one attached hydrogen (secondary N) is 1. The van der Waals surface area contributed by atoms with Crippen LogP contribution in [0.25, 0.3) is 0 Å². The zero-order valence-electron chi connectivity index (χ0n) is 18.2. The number of carbonyl (C=O) groups is 3. The molecule has 0 spiro atoms. The van der Waals surface area contributed by atoms with Gasteiger partial charge in [0.05, 0.1) is 24.9 Å². The highest BCUT2D eigenvalue weighted by atomic mass is 16.5. The minimum Gasteiger partial charge on any atom is -0.381 e. The third-order valence-electron chi connectivity index (χ3n) is 6.88. The molecule has 8 heteroatoms. The van der Waals surface area contributed by atoms with Crippen LogP contribution >= 0.6 is 0 Å². The largest absolute Gasteiger partial charge is 0.381 e. The SMILES string of the molecule is CC[C@H]1[C@@H](C(=O)NCC2CCOCC2)C[C@H]2CN(C(=O)Cc3cccnc3)CC(=O)N21. The molecule has 0 aromatic carbocycles. The second kappa shape index (κ2) is 9.77. The van der Waals surface area contributed by atoms with E-state index in [-0.39, 0.29) is 48.7 Å². The number of fused-ring (bicyclic) bond motifs is 1. The standard InChI is InChI=1S/C23H32N4O4/c1-2-20-19(23(30)25-13-16-5-8-31-9-6-16)11-18-14-26(15-22(29)27(18)20)21(28)10-17-4-3-7-24-12-17/h3-4,7,12,16,18-20H,2,5-6,8-11,13-15H2,1H3,(H,25,30)/t18-,19-,20-/m0/s1.